The van der Waals surface area contributed by atoms with Crippen LogP contribution >= 0.6 is 0 Å². The number of carbonyl (C=O) groups is 1. The minimum atomic E-state index is -5.08. The molecule has 4 atom stereocenters. The van der Waals surface area contributed by atoms with E-state index in [-0.39, 0.29) is 41.2 Å². The van der Waals surface area contributed by atoms with Gasteiger partial charge in [0.25, 0.3) is 5.92 Å². The van der Waals surface area contributed by atoms with Crippen LogP contribution in [-0.4, -0.2) is 62.9 Å². The molecule has 0 unspecified atom stereocenters. The lowest BCUT2D eigenvalue weighted by Gasteiger charge is -2.23. The standard InChI is InChI=1S/C36H31F7N8O4S/c1-50-31-23(4-3-5-24(31)34(48-50)49-56(2,54)55)22-9-8-21(7-6-20(44)16-52)45-30(22)27(12-17-10-18(37)13-19(38)11-17)46-28(53)15-51-33-29(32(47-51)36(41,42)43)25-14-26(25)35(33,39)40/h3-5,8-11,13,20,25-27,52H,12,14-16,44H2,1-2H3,(H,46,53)(H,48,49)/t20-,25+,26-,27+/m1/s1. The van der Waals surface area contributed by atoms with Gasteiger partial charge in [0.05, 0.1) is 36.2 Å². The molecule has 0 aliphatic heterocycles. The topological polar surface area (TPSA) is 170 Å². The number of hydrogen-bond acceptors (Lipinski definition) is 8. The second-order valence-corrected chi connectivity index (χ2v) is 15.4. The molecule has 2 aromatic carbocycles. The van der Waals surface area contributed by atoms with Crippen molar-refractivity contribution in [2.45, 2.75) is 49.5 Å². The Kier molecular flexibility index (Phi) is 9.61. The van der Waals surface area contributed by atoms with Gasteiger partial charge in [-0.25, -0.2) is 22.2 Å². The number of rotatable bonds is 10. The van der Waals surface area contributed by atoms with Crippen molar-refractivity contribution in [3.63, 3.8) is 0 Å². The summed E-state index contributed by atoms with van der Waals surface area (Å²) in [5, 5.41) is 20.1. The molecule has 294 valence electrons. The summed E-state index contributed by atoms with van der Waals surface area (Å²) in [6, 6.07) is 8.06. The maximum absolute atomic E-state index is 15.3. The van der Waals surface area contributed by atoms with Crippen LogP contribution in [0.25, 0.3) is 22.0 Å². The second-order valence-electron chi connectivity index (χ2n) is 13.7. The monoisotopic (exact) mass is 804 g/mol. The number of pyridine rings is 1. The van der Waals surface area contributed by atoms with Gasteiger partial charge in [0.15, 0.2) is 11.5 Å². The van der Waals surface area contributed by atoms with Gasteiger partial charge in [-0.3, -0.25) is 18.9 Å². The number of carbonyl (C=O) groups excluding carboxylic acids is 1. The van der Waals surface area contributed by atoms with E-state index in [4.69, 9.17) is 5.73 Å². The van der Waals surface area contributed by atoms with E-state index < -0.39 is 93.7 Å². The van der Waals surface area contributed by atoms with Gasteiger partial charge in [-0.1, -0.05) is 18.1 Å². The fraction of sp³-hybridized carbons (Fsp3) is 0.333. The third-order valence-corrected chi connectivity index (χ3v) is 10.0. The highest BCUT2D eigenvalue weighted by atomic mass is 32.2. The first-order valence-corrected chi connectivity index (χ1v) is 18.8. The van der Waals surface area contributed by atoms with E-state index in [1.807, 2.05) is 0 Å². The van der Waals surface area contributed by atoms with Crippen molar-refractivity contribution in [2.75, 3.05) is 17.6 Å². The smallest absolute Gasteiger partial charge is 0.394 e. The van der Waals surface area contributed by atoms with Gasteiger partial charge in [-0.05, 0) is 60.6 Å². The lowest BCUT2D eigenvalue weighted by atomic mass is 9.93. The number of nitrogens with one attached hydrogen (secondary N) is 2. The fourth-order valence-corrected chi connectivity index (χ4v) is 7.71. The van der Waals surface area contributed by atoms with Crippen molar-refractivity contribution in [1.82, 2.24) is 29.9 Å². The lowest BCUT2D eigenvalue weighted by molar-refractivity contribution is -0.142. The number of fused-ring (bicyclic) bond motifs is 4. The number of sulfonamides is 1. The van der Waals surface area contributed by atoms with Crippen molar-refractivity contribution in [1.29, 1.82) is 0 Å². The Morgan fingerprint density at radius 3 is 2.48 bits per heavy atom. The van der Waals surface area contributed by atoms with E-state index in [2.05, 4.69) is 37.1 Å². The zero-order valence-corrected chi connectivity index (χ0v) is 30.1. The van der Waals surface area contributed by atoms with Gasteiger partial charge >= 0.3 is 6.18 Å². The number of aryl methyl sites for hydroxylation is 1. The maximum atomic E-state index is 15.3. The van der Waals surface area contributed by atoms with Gasteiger partial charge in [0, 0.05) is 41.1 Å². The highest BCUT2D eigenvalue weighted by Gasteiger charge is 2.68. The van der Waals surface area contributed by atoms with E-state index in [0.29, 0.717) is 27.2 Å². The highest BCUT2D eigenvalue weighted by molar-refractivity contribution is 7.92. The Hall–Kier alpha value is -5.52. The minimum Gasteiger partial charge on any atom is -0.394 e. The van der Waals surface area contributed by atoms with Gasteiger partial charge in [-0.2, -0.15) is 32.1 Å². The van der Waals surface area contributed by atoms with Crippen LogP contribution < -0.4 is 15.8 Å². The number of nitrogens with zero attached hydrogens (tertiary/aromatic N) is 5. The Labute approximate surface area is 313 Å². The number of aliphatic hydroxyl groups excluding tert-OH is 1. The molecule has 56 heavy (non-hydrogen) atoms. The quantitative estimate of drug-likeness (QED) is 0.118. The maximum Gasteiger partial charge on any atom is 0.435 e. The molecule has 3 aromatic heterocycles. The number of anilines is 1. The molecule has 5 aromatic rings. The summed E-state index contributed by atoms with van der Waals surface area (Å²) in [6.45, 7) is -1.58. The number of aromatic nitrogens is 5. The van der Waals surface area contributed by atoms with Gasteiger partial charge in [0.1, 0.15) is 29.6 Å². The first kappa shape index (κ1) is 38.7. The molecule has 1 saturated carbocycles. The number of aliphatic hydroxyl groups is 1. The largest absolute Gasteiger partial charge is 0.435 e. The van der Waals surface area contributed by atoms with Crippen LogP contribution in [0, 0.1) is 29.4 Å². The molecule has 0 saturated heterocycles. The van der Waals surface area contributed by atoms with Crippen LogP contribution in [-0.2, 0) is 46.9 Å². The van der Waals surface area contributed by atoms with Crippen LogP contribution in [0.1, 0.15) is 52.3 Å². The summed E-state index contributed by atoms with van der Waals surface area (Å²) in [4.78, 5) is 18.5. The van der Waals surface area contributed by atoms with Gasteiger partial charge in [0.2, 0.25) is 15.9 Å². The van der Waals surface area contributed by atoms with E-state index in [0.717, 1.165) is 18.4 Å². The zero-order chi connectivity index (χ0) is 40.5. The number of para-hydroxylation sites is 1. The lowest BCUT2D eigenvalue weighted by Crippen LogP contribution is -2.35. The molecule has 0 bridgehead atoms. The van der Waals surface area contributed by atoms with Crippen molar-refractivity contribution >= 4 is 32.7 Å². The molecular formula is C36H31F7N8O4S. The molecule has 3 heterocycles. The van der Waals surface area contributed by atoms with Gasteiger partial charge < -0.3 is 16.2 Å². The van der Waals surface area contributed by atoms with Crippen molar-refractivity contribution in [2.24, 2.45) is 18.7 Å². The molecule has 5 N–H and O–H groups in total. The fourth-order valence-electron chi connectivity index (χ4n) is 7.20. The van der Waals surface area contributed by atoms with Crippen molar-refractivity contribution in [3.05, 3.63) is 94.1 Å². The molecule has 0 radical (unpaired) electrons. The number of alkyl halides is 5. The number of hydrogen-bond donors (Lipinski definition) is 4. The molecule has 2 aliphatic rings. The summed E-state index contributed by atoms with van der Waals surface area (Å²) < 4.78 is 130. The first-order chi connectivity index (χ1) is 26.2. The normalized spacial score (nSPS) is 18.1. The van der Waals surface area contributed by atoms with E-state index in [1.54, 1.807) is 18.2 Å². The third kappa shape index (κ3) is 7.41. The minimum absolute atomic E-state index is 0.00341. The van der Waals surface area contributed by atoms with E-state index >= 15 is 8.78 Å². The van der Waals surface area contributed by atoms with Crippen LogP contribution in [0.3, 0.4) is 0 Å². The average molecular weight is 805 g/mol. The average Bonchev–Trinajstić information content (AvgIpc) is 3.65. The van der Waals surface area contributed by atoms with Crippen molar-refractivity contribution in [3.8, 4) is 23.0 Å². The number of benzene rings is 2. The molecular weight excluding hydrogens is 774 g/mol. The van der Waals surface area contributed by atoms with Crippen LogP contribution in [0.4, 0.5) is 36.6 Å². The summed E-state index contributed by atoms with van der Waals surface area (Å²) in [5.74, 6) is -3.80. The summed E-state index contributed by atoms with van der Waals surface area (Å²) >= 11 is 0. The number of halogens is 7. The van der Waals surface area contributed by atoms with E-state index in [9.17, 15) is 40.3 Å². The highest BCUT2D eigenvalue weighted by Crippen LogP contribution is 2.68. The Bertz CT molecular complexity index is 2560. The van der Waals surface area contributed by atoms with Crippen LogP contribution in [0.15, 0.2) is 48.5 Å². The number of amides is 1. The second kappa shape index (κ2) is 13.9. The Balaban J connectivity index is 1.37. The van der Waals surface area contributed by atoms with Crippen molar-refractivity contribution < 1.29 is 49.1 Å². The number of nitrogens with two attached hydrogens (primary N) is 1. The predicted octanol–water partition coefficient (Wildman–Crippen LogP) is 4.48. The summed E-state index contributed by atoms with van der Waals surface area (Å²) in [6.07, 6.45) is -4.68. The SMILES string of the molecule is Cn1nc(NS(C)(=O)=O)c2cccc(-c3ccc(C#C[C@@H](N)CO)nc3[C@H](Cc3cc(F)cc(F)c3)NC(=O)Cn3nc(C(F)(F)F)c4c3C(F)(F)[C@@H]3C[C@H]43)c21. The Morgan fingerprint density at radius 2 is 1.82 bits per heavy atom. The summed E-state index contributed by atoms with van der Waals surface area (Å²) in [5.41, 5.74) is 3.67. The Morgan fingerprint density at radius 1 is 1.11 bits per heavy atom. The van der Waals surface area contributed by atoms with Gasteiger partial charge in [-0.15, -0.1) is 0 Å². The molecule has 2 aliphatic carbocycles. The van der Waals surface area contributed by atoms with E-state index in [1.165, 1.54) is 23.9 Å². The molecule has 7 rings (SSSR count). The molecule has 20 heteroatoms. The third-order valence-electron chi connectivity index (χ3n) is 9.47. The predicted molar refractivity (Wildman–Crippen MR) is 187 cm³/mol. The zero-order valence-electron chi connectivity index (χ0n) is 29.3. The molecule has 1 amide bonds. The first-order valence-electron chi connectivity index (χ1n) is 16.9. The van der Waals surface area contributed by atoms with Crippen LogP contribution in [0.5, 0.6) is 0 Å². The molecule has 1 fully saturated rings. The molecule has 0 spiro atoms. The summed E-state index contributed by atoms with van der Waals surface area (Å²) in [7, 11) is -2.25. The van der Waals surface area contributed by atoms with Crippen LogP contribution in [0.2, 0.25) is 0 Å². The molecule has 12 nitrogen and oxygen atoms in total.